The summed E-state index contributed by atoms with van der Waals surface area (Å²) in [6.45, 7) is 5.16. The van der Waals surface area contributed by atoms with E-state index in [0.29, 0.717) is 28.8 Å². The zero-order valence-corrected chi connectivity index (χ0v) is 13.6. The van der Waals surface area contributed by atoms with Crippen LogP contribution in [0.5, 0.6) is 0 Å². The third kappa shape index (κ3) is 3.72. The number of halogens is 1. The molecule has 110 valence electrons. The second-order valence-corrected chi connectivity index (χ2v) is 5.23. The van der Waals surface area contributed by atoms with Gasteiger partial charge in [-0.2, -0.15) is 0 Å². The highest BCUT2D eigenvalue weighted by Gasteiger charge is 2.20. The Morgan fingerprint density at radius 3 is 2.40 bits per heavy atom. The van der Waals surface area contributed by atoms with E-state index in [0.717, 1.165) is 0 Å². The number of benzene rings is 1. The number of amides is 2. The van der Waals surface area contributed by atoms with Gasteiger partial charge in [0.1, 0.15) is 0 Å². The summed E-state index contributed by atoms with van der Waals surface area (Å²) < 4.78 is 0.562. The van der Waals surface area contributed by atoms with Gasteiger partial charge in [-0.15, -0.1) is 0 Å². The minimum Gasteiger partial charge on any atom is -0.398 e. The van der Waals surface area contributed by atoms with Gasteiger partial charge >= 0.3 is 0 Å². The molecule has 0 radical (unpaired) electrons. The number of likely N-dealkylation sites (N-methyl/N-ethyl adjacent to an activating group) is 2. The summed E-state index contributed by atoms with van der Waals surface area (Å²) in [6.07, 6.45) is 0. The Morgan fingerprint density at radius 1 is 1.25 bits per heavy atom. The van der Waals surface area contributed by atoms with Gasteiger partial charge in [0.2, 0.25) is 5.91 Å². The molecule has 0 aliphatic carbocycles. The van der Waals surface area contributed by atoms with Crippen molar-refractivity contribution in [3.05, 3.63) is 28.2 Å². The Morgan fingerprint density at radius 2 is 1.85 bits per heavy atom. The normalized spacial score (nSPS) is 10.2. The van der Waals surface area contributed by atoms with Gasteiger partial charge in [0, 0.05) is 25.8 Å². The molecule has 2 amide bonds. The van der Waals surface area contributed by atoms with Gasteiger partial charge < -0.3 is 15.5 Å². The molecule has 0 spiro atoms. The first-order valence-electron chi connectivity index (χ1n) is 6.49. The number of carbonyl (C=O) groups is 2. The highest BCUT2D eigenvalue weighted by Crippen LogP contribution is 2.24. The van der Waals surface area contributed by atoms with Crippen molar-refractivity contribution in [3.8, 4) is 0 Å². The SMILES string of the molecule is CCN(CC)C(=O)CN(C)C(=O)c1cccc(N)c1Br. The summed E-state index contributed by atoms with van der Waals surface area (Å²) in [7, 11) is 1.61. The van der Waals surface area contributed by atoms with E-state index >= 15 is 0 Å². The van der Waals surface area contributed by atoms with E-state index in [9.17, 15) is 9.59 Å². The third-order valence-corrected chi connectivity index (χ3v) is 3.98. The summed E-state index contributed by atoms with van der Waals surface area (Å²) in [5, 5.41) is 0. The van der Waals surface area contributed by atoms with Crippen LogP contribution >= 0.6 is 15.9 Å². The van der Waals surface area contributed by atoms with Crippen LogP contribution in [-0.4, -0.2) is 48.3 Å². The maximum absolute atomic E-state index is 12.3. The van der Waals surface area contributed by atoms with Gasteiger partial charge in [-0.25, -0.2) is 0 Å². The Bertz CT molecular complexity index is 501. The fraction of sp³-hybridized carbons (Fsp3) is 0.429. The Labute approximate surface area is 127 Å². The van der Waals surface area contributed by atoms with E-state index in [1.807, 2.05) is 13.8 Å². The third-order valence-electron chi connectivity index (χ3n) is 3.09. The van der Waals surface area contributed by atoms with Crippen LogP contribution in [0.3, 0.4) is 0 Å². The molecule has 0 aliphatic heterocycles. The number of hydrogen-bond donors (Lipinski definition) is 1. The first-order valence-corrected chi connectivity index (χ1v) is 7.28. The van der Waals surface area contributed by atoms with Crippen molar-refractivity contribution in [1.82, 2.24) is 9.80 Å². The van der Waals surface area contributed by atoms with Gasteiger partial charge in [0.25, 0.3) is 5.91 Å². The van der Waals surface area contributed by atoms with Crippen molar-refractivity contribution < 1.29 is 9.59 Å². The molecule has 0 aromatic heterocycles. The summed E-state index contributed by atoms with van der Waals surface area (Å²) in [6, 6.07) is 5.11. The van der Waals surface area contributed by atoms with Crippen LogP contribution in [0.25, 0.3) is 0 Å². The Hall–Kier alpha value is -1.56. The number of rotatable bonds is 5. The zero-order chi connectivity index (χ0) is 15.3. The fourth-order valence-electron chi connectivity index (χ4n) is 1.87. The lowest BCUT2D eigenvalue weighted by molar-refractivity contribution is -0.131. The molecule has 6 heteroatoms. The summed E-state index contributed by atoms with van der Waals surface area (Å²) >= 11 is 3.30. The molecule has 5 nitrogen and oxygen atoms in total. The summed E-state index contributed by atoms with van der Waals surface area (Å²) in [5.74, 6) is -0.296. The first-order chi connectivity index (χ1) is 9.42. The summed E-state index contributed by atoms with van der Waals surface area (Å²) in [4.78, 5) is 27.4. The van der Waals surface area contributed by atoms with E-state index in [-0.39, 0.29) is 18.4 Å². The van der Waals surface area contributed by atoms with Crippen LogP contribution in [0.15, 0.2) is 22.7 Å². The lowest BCUT2D eigenvalue weighted by atomic mass is 10.2. The molecule has 1 aromatic carbocycles. The second-order valence-electron chi connectivity index (χ2n) is 4.44. The molecule has 1 rings (SSSR count). The van der Waals surface area contributed by atoms with E-state index in [1.165, 1.54) is 4.90 Å². The molecule has 2 N–H and O–H groups in total. The van der Waals surface area contributed by atoms with E-state index in [4.69, 9.17) is 5.73 Å². The van der Waals surface area contributed by atoms with Gasteiger partial charge in [-0.05, 0) is 41.9 Å². The van der Waals surface area contributed by atoms with Crippen molar-refractivity contribution in [2.75, 3.05) is 32.4 Å². The van der Waals surface area contributed by atoms with Crippen LogP contribution in [-0.2, 0) is 4.79 Å². The number of anilines is 1. The molecule has 0 unspecified atom stereocenters. The fourth-order valence-corrected chi connectivity index (χ4v) is 2.31. The quantitative estimate of drug-likeness (QED) is 0.832. The zero-order valence-electron chi connectivity index (χ0n) is 12.0. The van der Waals surface area contributed by atoms with Gasteiger partial charge in [-0.1, -0.05) is 6.07 Å². The smallest absolute Gasteiger partial charge is 0.255 e. The predicted molar refractivity (Wildman–Crippen MR) is 83.4 cm³/mol. The topological polar surface area (TPSA) is 66.6 Å². The maximum atomic E-state index is 12.3. The van der Waals surface area contributed by atoms with Crippen molar-refractivity contribution in [1.29, 1.82) is 0 Å². The summed E-state index contributed by atoms with van der Waals surface area (Å²) in [5.41, 5.74) is 6.72. The molecule has 0 aliphatic rings. The van der Waals surface area contributed by atoms with Gasteiger partial charge in [-0.3, -0.25) is 9.59 Å². The minimum atomic E-state index is -0.232. The van der Waals surface area contributed by atoms with Crippen LogP contribution in [0.1, 0.15) is 24.2 Å². The molecule has 0 heterocycles. The molecular formula is C14H20BrN3O2. The minimum absolute atomic E-state index is 0.0573. The lowest BCUT2D eigenvalue weighted by Crippen LogP contribution is -2.41. The average Bonchev–Trinajstić information content (AvgIpc) is 2.42. The Kier molecular flexibility index (Phi) is 6.01. The maximum Gasteiger partial charge on any atom is 0.255 e. The Balaban J connectivity index is 2.82. The van der Waals surface area contributed by atoms with Crippen molar-refractivity contribution in [3.63, 3.8) is 0 Å². The first kappa shape index (κ1) is 16.5. The molecule has 20 heavy (non-hydrogen) atoms. The van der Waals surface area contributed by atoms with Crippen molar-refractivity contribution in [2.45, 2.75) is 13.8 Å². The van der Waals surface area contributed by atoms with Crippen LogP contribution in [0.2, 0.25) is 0 Å². The van der Waals surface area contributed by atoms with Crippen molar-refractivity contribution >= 4 is 33.4 Å². The number of hydrogen-bond acceptors (Lipinski definition) is 3. The molecule has 0 atom stereocenters. The molecular weight excluding hydrogens is 322 g/mol. The van der Waals surface area contributed by atoms with E-state index < -0.39 is 0 Å². The van der Waals surface area contributed by atoms with Gasteiger partial charge in [0.15, 0.2) is 0 Å². The highest BCUT2D eigenvalue weighted by atomic mass is 79.9. The molecule has 0 bridgehead atoms. The predicted octanol–water partition coefficient (Wildman–Crippen LogP) is 1.97. The number of carbonyl (C=O) groups excluding carboxylic acids is 2. The van der Waals surface area contributed by atoms with E-state index in [1.54, 1.807) is 30.1 Å². The molecule has 0 fully saturated rings. The lowest BCUT2D eigenvalue weighted by Gasteiger charge is -2.23. The number of nitrogens with zero attached hydrogens (tertiary/aromatic N) is 2. The number of nitrogens with two attached hydrogens (primary N) is 1. The second kappa shape index (κ2) is 7.28. The van der Waals surface area contributed by atoms with Gasteiger partial charge in [0.05, 0.1) is 16.6 Å². The monoisotopic (exact) mass is 341 g/mol. The molecule has 1 aromatic rings. The average molecular weight is 342 g/mol. The number of nitrogen functional groups attached to an aromatic ring is 1. The van der Waals surface area contributed by atoms with Crippen LogP contribution < -0.4 is 5.73 Å². The van der Waals surface area contributed by atoms with Crippen LogP contribution in [0.4, 0.5) is 5.69 Å². The van der Waals surface area contributed by atoms with Crippen molar-refractivity contribution in [2.24, 2.45) is 0 Å². The standard InChI is InChI=1S/C14H20BrN3O2/c1-4-18(5-2)12(19)9-17(3)14(20)10-7-6-8-11(16)13(10)15/h6-8H,4-5,9,16H2,1-3H3. The molecule has 0 saturated heterocycles. The molecule has 0 saturated carbocycles. The largest absolute Gasteiger partial charge is 0.398 e. The van der Waals surface area contributed by atoms with Crippen LogP contribution in [0, 0.1) is 0 Å². The van der Waals surface area contributed by atoms with E-state index in [2.05, 4.69) is 15.9 Å². The highest BCUT2D eigenvalue weighted by molar-refractivity contribution is 9.10.